The first-order valence-corrected chi connectivity index (χ1v) is 4.40. The van der Waals surface area contributed by atoms with Gasteiger partial charge in [0.05, 0.1) is 0 Å². The fourth-order valence-corrected chi connectivity index (χ4v) is 1.66. The molecule has 13 heavy (non-hydrogen) atoms. The van der Waals surface area contributed by atoms with Crippen molar-refractivity contribution in [2.45, 2.75) is 24.8 Å². The minimum atomic E-state index is -0.589. The number of phenolic OH excluding ortho intramolecular Hbond substituents is 1. The first-order chi connectivity index (χ1) is 6.12. The molecule has 1 saturated carbocycles. The van der Waals surface area contributed by atoms with Crippen molar-refractivity contribution < 1.29 is 9.50 Å². The Morgan fingerprint density at radius 2 is 2.08 bits per heavy atom. The Kier molecular flexibility index (Phi) is 1.77. The van der Waals surface area contributed by atoms with E-state index in [1.54, 1.807) is 6.07 Å². The molecule has 1 aromatic rings. The van der Waals surface area contributed by atoms with Gasteiger partial charge in [0.15, 0.2) is 11.6 Å². The van der Waals surface area contributed by atoms with E-state index in [9.17, 15) is 4.39 Å². The molecule has 3 N–H and O–H groups in total. The summed E-state index contributed by atoms with van der Waals surface area (Å²) in [6.07, 6.45) is 2.90. The first kappa shape index (κ1) is 8.51. The molecule has 1 aliphatic rings. The maximum Gasteiger partial charge on any atom is 0.165 e. The number of benzene rings is 1. The molecule has 0 atom stereocenters. The Morgan fingerprint density at radius 3 is 2.54 bits per heavy atom. The molecule has 70 valence electrons. The zero-order valence-electron chi connectivity index (χ0n) is 7.26. The Hall–Kier alpha value is -1.09. The minimum absolute atomic E-state index is 0.313. The topological polar surface area (TPSA) is 46.2 Å². The van der Waals surface area contributed by atoms with Crippen LogP contribution >= 0.6 is 0 Å². The molecular weight excluding hydrogens is 169 g/mol. The minimum Gasteiger partial charge on any atom is -0.505 e. The molecule has 0 spiro atoms. The average molecular weight is 181 g/mol. The van der Waals surface area contributed by atoms with E-state index in [0.717, 1.165) is 24.8 Å². The lowest BCUT2D eigenvalue weighted by molar-refractivity contribution is 0.252. The summed E-state index contributed by atoms with van der Waals surface area (Å²) in [6.45, 7) is 0. The van der Waals surface area contributed by atoms with Crippen LogP contribution in [0.2, 0.25) is 0 Å². The van der Waals surface area contributed by atoms with E-state index < -0.39 is 5.82 Å². The molecule has 0 amide bonds. The van der Waals surface area contributed by atoms with E-state index in [1.807, 2.05) is 0 Å². The molecule has 1 aromatic carbocycles. The molecule has 3 heteroatoms. The van der Waals surface area contributed by atoms with Crippen LogP contribution < -0.4 is 5.73 Å². The highest BCUT2D eigenvalue weighted by Crippen LogP contribution is 2.39. The lowest BCUT2D eigenvalue weighted by atomic mass is 9.73. The molecule has 1 aliphatic carbocycles. The van der Waals surface area contributed by atoms with Crippen LogP contribution in [0.1, 0.15) is 24.8 Å². The Morgan fingerprint density at radius 1 is 1.38 bits per heavy atom. The molecule has 1 fully saturated rings. The van der Waals surface area contributed by atoms with Crippen molar-refractivity contribution in [3.05, 3.63) is 29.6 Å². The van der Waals surface area contributed by atoms with Gasteiger partial charge < -0.3 is 10.8 Å². The summed E-state index contributed by atoms with van der Waals surface area (Å²) in [5.41, 5.74) is 6.43. The molecule has 0 aromatic heterocycles. The average Bonchev–Trinajstić information content (AvgIpc) is 2.06. The second-order valence-electron chi connectivity index (χ2n) is 3.68. The molecule has 0 aliphatic heterocycles. The summed E-state index contributed by atoms with van der Waals surface area (Å²) in [5.74, 6) is -0.902. The molecule has 0 unspecified atom stereocenters. The highest BCUT2D eigenvalue weighted by molar-refractivity contribution is 5.33. The third-order valence-corrected chi connectivity index (χ3v) is 2.77. The van der Waals surface area contributed by atoms with Gasteiger partial charge in [0.25, 0.3) is 0 Å². The Balaban J connectivity index is 2.36. The SMILES string of the molecule is NC1(c2ccc(O)c(F)c2)CCC1. The molecule has 2 nitrogen and oxygen atoms in total. The largest absolute Gasteiger partial charge is 0.505 e. The Labute approximate surface area is 76.2 Å². The van der Waals surface area contributed by atoms with Gasteiger partial charge in [-0.1, -0.05) is 6.07 Å². The van der Waals surface area contributed by atoms with Crippen molar-refractivity contribution in [1.82, 2.24) is 0 Å². The van der Waals surface area contributed by atoms with E-state index >= 15 is 0 Å². The fourth-order valence-electron chi connectivity index (χ4n) is 1.66. The number of hydrogen-bond acceptors (Lipinski definition) is 2. The molecule has 0 radical (unpaired) electrons. The summed E-state index contributed by atoms with van der Waals surface area (Å²) in [7, 11) is 0. The summed E-state index contributed by atoms with van der Waals surface area (Å²) in [6, 6.07) is 4.38. The number of phenols is 1. The summed E-state index contributed by atoms with van der Waals surface area (Å²) in [4.78, 5) is 0. The van der Waals surface area contributed by atoms with Crippen LogP contribution in [0.15, 0.2) is 18.2 Å². The third kappa shape index (κ3) is 1.29. The zero-order chi connectivity index (χ0) is 9.47. The van der Waals surface area contributed by atoms with Gasteiger partial charge in [-0.25, -0.2) is 4.39 Å². The van der Waals surface area contributed by atoms with Crippen LogP contribution in [0.5, 0.6) is 5.75 Å². The van der Waals surface area contributed by atoms with Crippen molar-refractivity contribution in [3.63, 3.8) is 0 Å². The van der Waals surface area contributed by atoms with E-state index in [4.69, 9.17) is 10.8 Å². The normalized spacial score (nSPS) is 19.5. The molecular formula is C10H12FNO. The Bertz CT molecular complexity index is 334. The van der Waals surface area contributed by atoms with Gasteiger partial charge in [-0.05, 0) is 37.0 Å². The highest BCUT2D eigenvalue weighted by atomic mass is 19.1. The van der Waals surface area contributed by atoms with Gasteiger partial charge >= 0.3 is 0 Å². The highest BCUT2D eigenvalue weighted by Gasteiger charge is 2.34. The van der Waals surface area contributed by atoms with Gasteiger partial charge in [-0.2, -0.15) is 0 Å². The van der Waals surface area contributed by atoms with Crippen LogP contribution in [-0.2, 0) is 5.54 Å². The third-order valence-electron chi connectivity index (χ3n) is 2.77. The number of rotatable bonds is 1. The molecule has 2 rings (SSSR count). The number of halogens is 1. The van der Waals surface area contributed by atoms with Crippen molar-refractivity contribution >= 4 is 0 Å². The monoisotopic (exact) mass is 181 g/mol. The van der Waals surface area contributed by atoms with Crippen molar-refractivity contribution in [2.24, 2.45) is 5.73 Å². The molecule has 0 heterocycles. The van der Waals surface area contributed by atoms with Crippen LogP contribution in [0.4, 0.5) is 4.39 Å². The van der Waals surface area contributed by atoms with Gasteiger partial charge in [0, 0.05) is 5.54 Å². The molecule has 0 saturated heterocycles. The summed E-state index contributed by atoms with van der Waals surface area (Å²) in [5, 5.41) is 8.98. The van der Waals surface area contributed by atoms with Crippen LogP contribution in [0, 0.1) is 5.82 Å². The van der Waals surface area contributed by atoms with Gasteiger partial charge in [0.1, 0.15) is 0 Å². The van der Waals surface area contributed by atoms with Crippen molar-refractivity contribution in [3.8, 4) is 5.75 Å². The van der Waals surface area contributed by atoms with Crippen molar-refractivity contribution in [1.29, 1.82) is 0 Å². The van der Waals surface area contributed by atoms with Crippen LogP contribution in [-0.4, -0.2) is 5.11 Å². The standard InChI is InChI=1S/C10H12FNO/c11-8-6-7(2-3-9(8)13)10(12)4-1-5-10/h2-3,6,13H,1,4-5,12H2. The summed E-state index contributed by atoms with van der Waals surface area (Å²) >= 11 is 0. The van der Waals surface area contributed by atoms with E-state index in [0.29, 0.717) is 0 Å². The second-order valence-corrected chi connectivity index (χ2v) is 3.68. The lowest BCUT2D eigenvalue weighted by Crippen LogP contribution is -2.43. The second kappa shape index (κ2) is 2.70. The van der Waals surface area contributed by atoms with Crippen LogP contribution in [0.25, 0.3) is 0 Å². The first-order valence-electron chi connectivity index (χ1n) is 4.40. The van der Waals surface area contributed by atoms with E-state index in [2.05, 4.69) is 0 Å². The van der Waals surface area contributed by atoms with Crippen LogP contribution in [0.3, 0.4) is 0 Å². The zero-order valence-corrected chi connectivity index (χ0v) is 7.26. The number of nitrogens with two attached hydrogens (primary N) is 1. The summed E-state index contributed by atoms with van der Waals surface area (Å²) < 4.78 is 13.0. The van der Waals surface area contributed by atoms with E-state index in [1.165, 1.54) is 12.1 Å². The maximum atomic E-state index is 13.0. The smallest absolute Gasteiger partial charge is 0.165 e. The lowest BCUT2D eigenvalue weighted by Gasteiger charge is -2.38. The molecule has 0 bridgehead atoms. The predicted molar refractivity (Wildman–Crippen MR) is 47.8 cm³/mol. The predicted octanol–water partition coefficient (Wildman–Crippen LogP) is 1.87. The van der Waals surface area contributed by atoms with Gasteiger partial charge in [-0.3, -0.25) is 0 Å². The van der Waals surface area contributed by atoms with Crippen molar-refractivity contribution in [2.75, 3.05) is 0 Å². The number of aromatic hydroxyl groups is 1. The van der Waals surface area contributed by atoms with Gasteiger partial charge in [0.2, 0.25) is 0 Å². The van der Waals surface area contributed by atoms with Gasteiger partial charge in [-0.15, -0.1) is 0 Å². The number of hydrogen-bond donors (Lipinski definition) is 2. The maximum absolute atomic E-state index is 13.0. The fraction of sp³-hybridized carbons (Fsp3) is 0.400. The van der Waals surface area contributed by atoms with E-state index in [-0.39, 0.29) is 11.3 Å². The quantitative estimate of drug-likeness (QED) is 0.694.